The molecule has 0 fully saturated rings. The summed E-state index contributed by atoms with van der Waals surface area (Å²) in [5, 5.41) is 13.9. The Hall–Kier alpha value is -2.39. The van der Waals surface area contributed by atoms with Crippen molar-refractivity contribution in [3.63, 3.8) is 0 Å². The smallest absolute Gasteiger partial charge is 0.0924 e. The Labute approximate surface area is 180 Å². The van der Waals surface area contributed by atoms with E-state index in [1.807, 2.05) is 32.0 Å². The summed E-state index contributed by atoms with van der Waals surface area (Å²) in [5.41, 5.74) is 7.26. The molecule has 0 saturated carbocycles. The van der Waals surface area contributed by atoms with Crippen LogP contribution in [-0.2, 0) is 0 Å². The van der Waals surface area contributed by atoms with Crippen molar-refractivity contribution >= 4 is 17.2 Å². The van der Waals surface area contributed by atoms with Crippen LogP contribution in [-0.4, -0.2) is 23.6 Å². The zero-order valence-electron chi connectivity index (χ0n) is 18.5. The minimum absolute atomic E-state index is 0.158. The molecule has 0 radical (unpaired) electrons. The van der Waals surface area contributed by atoms with Crippen LogP contribution in [0.3, 0.4) is 0 Å². The van der Waals surface area contributed by atoms with Crippen LogP contribution >= 0.6 is 11.6 Å². The van der Waals surface area contributed by atoms with Crippen molar-refractivity contribution < 1.29 is 5.11 Å². The fraction of sp³-hybridized carbons (Fsp3) is 0.360. The maximum Gasteiger partial charge on any atom is 0.0924 e. The van der Waals surface area contributed by atoms with Gasteiger partial charge in [0.05, 0.1) is 17.2 Å². The number of hydrogen-bond acceptors (Lipinski definition) is 3. The maximum absolute atomic E-state index is 9.82. The van der Waals surface area contributed by atoms with Crippen LogP contribution in [0.1, 0.15) is 46.6 Å². The molecule has 2 N–H and O–H groups in total. The minimum atomic E-state index is -0.440. The van der Waals surface area contributed by atoms with Gasteiger partial charge in [0.2, 0.25) is 0 Å². The van der Waals surface area contributed by atoms with Crippen molar-refractivity contribution in [2.45, 2.75) is 41.0 Å². The van der Waals surface area contributed by atoms with Crippen molar-refractivity contribution in [3.8, 4) is 0 Å². The van der Waals surface area contributed by atoms with Gasteiger partial charge in [-0.1, -0.05) is 57.7 Å². The van der Waals surface area contributed by atoms with Crippen LogP contribution < -0.4 is 5.32 Å². The van der Waals surface area contributed by atoms with Crippen molar-refractivity contribution in [1.29, 1.82) is 0 Å². The summed E-state index contributed by atoms with van der Waals surface area (Å²) in [6.07, 6.45) is 3.15. The Balaban J connectivity index is 2.50. The highest BCUT2D eigenvalue weighted by molar-refractivity contribution is 6.30. The van der Waals surface area contributed by atoms with E-state index in [4.69, 9.17) is 11.6 Å². The molecule has 0 aliphatic carbocycles. The molecule has 156 valence electrons. The standard InChI is InChI=1S/C25H33ClN2O/c1-9-16(2)24-22(20-11-10-12-21(26)14-20)13-17(3)23(28(24)8)18(4)27-15-25(6,7)19(5)29/h10-14,27,29H,4-5,9,15H2,1-3,6-8H3. The van der Waals surface area contributed by atoms with Gasteiger partial charge in [-0.2, -0.15) is 0 Å². The lowest BCUT2D eigenvalue weighted by Gasteiger charge is -2.36. The van der Waals surface area contributed by atoms with Gasteiger partial charge in [0.25, 0.3) is 0 Å². The Morgan fingerprint density at radius 2 is 1.93 bits per heavy atom. The Kier molecular flexibility index (Phi) is 7.07. The SMILES string of the molecule is C=C(NCC(C)(C)C(=C)O)C1=C(C)C=C(c2cccc(Cl)c2)C(=C(C)CC)N1C. The molecule has 0 unspecified atom stereocenters. The first kappa shape index (κ1) is 22.9. The topological polar surface area (TPSA) is 35.5 Å². The minimum Gasteiger partial charge on any atom is -0.512 e. The second kappa shape index (κ2) is 8.96. The molecule has 0 spiro atoms. The molecule has 0 atom stereocenters. The summed E-state index contributed by atoms with van der Waals surface area (Å²) in [4.78, 5) is 2.21. The van der Waals surface area contributed by atoms with Gasteiger partial charge in [0.15, 0.2) is 0 Å². The van der Waals surface area contributed by atoms with Crippen molar-refractivity contribution in [2.24, 2.45) is 5.41 Å². The summed E-state index contributed by atoms with van der Waals surface area (Å²) in [7, 11) is 2.08. The first-order valence-electron chi connectivity index (χ1n) is 9.93. The van der Waals surface area contributed by atoms with Crippen LogP contribution in [0.25, 0.3) is 5.57 Å². The molecule has 2 rings (SSSR count). The van der Waals surface area contributed by atoms with Gasteiger partial charge in [-0.15, -0.1) is 0 Å². The van der Waals surface area contributed by atoms with Gasteiger partial charge < -0.3 is 15.3 Å². The monoisotopic (exact) mass is 412 g/mol. The summed E-state index contributed by atoms with van der Waals surface area (Å²) < 4.78 is 0. The van der Waals surface area contributed by atoms with Gasteiger partial charge in [0.1, 0.15) is 0 Å². The van der Waals surface area contributed by atoms with E-state index in [0.29, 0.717) is 6.54 Å². The van der Waals surface area contributed by atoms with E-state index in [1.165, 1.54) is 11.3 Å². The average molecular weight is 413 g/mol. The molecule has 29 heavy (non-hydrogen) atoms. The highest BCUT2D eigenvalue weighted by Crippen LogP contribution is 2.39. The molecule has 0 amide bonds. The fourth-order valence-electron chi connectivity index (χ4n) is 3.42. The van der Waals surface area contributed by atoms with Crippen LogP contribution in [0.2, 0.25) is 5.02 Å². The molecule has 1 aliphatic rings. The maximum atomic E-state index is 9.82. The van der Waals surface area contributed by atoms with Gasteiger partial charge >= 0.3 is 0 Å². The van der Waals surface area contributed by atoms with E-state index in [-0.39, 0.29) is 5.76 Å². The number of allylic oxidation sites excluding steroid dienone is 4. The van der Waals surface area contributed by atoms with Crippen molar-refractivity contribution in [1.82, 2.24) is 10.2 Å². The predicted octanol–water partition coefficient (Wildman–Crippen LogP) is 6.83. The van der Waals surface area contributed by atoms with Crippen molar-refractivity contribution in [2.75, 3.05) is 13.6 Å². The second-order valence-corrected chi connectivity index (χ2v) is 8.74. The number of nitrogens with zero attached hydrogens (tertiary/aromatic N) is 1. The van der Waals surface area contributed by atoms with Crippen molar-refractivity contribution in [3.05, 3.63) is 88.1 Å². The van der Waals surface area contributed by atoms with Crippen LogP contribution in [0.15, 0.2) is 77.5 Å². The Morgan fingerprint density at radius 1 is 1.28 bits per heavy atom. The fourth-order valence-corrected chi connectivity index (χ4v) is 3.61. The van der Waals surface area contributed by atoms with Crippen LogP contribution in [0.4, 0.5) is 0 Å². The van der Waals surface area contributed by atoms with E-state index < -0.39 is 5.41 Å². The zero-order chi connectivity index (χ0) is 21.9. The molecule has 1 aliphatic heterocycles. The number of aliphatic hydroxyl groups is 1. The number of aliphatic hydroxyl groups excluding tert-OH is 1. The predicted molar refractivity (Wildman–Crippen MR) is 126 cm³/mol. The lowest BCUT2D eigenvalue weighted by Crippen LogP contribution is -2.34. The highest BCUT2D eigenvalue weighted by Gasteiger charge is 2.27. The third-order valence-electron chi connectivity index (χ3n) is 5.54. The van der Waals surface area contributed by atoms with E-state index in [2.05, 4.69) is 63.3 Å². The number of nitrogens with one attached hydrogen (secondary N) is 1. The van der Waals surface area contributed by atoms with E-state index >= 15 is 0 Å². The van der Waals surface area contributed by atoms with Crippen LogP contribution in [0, 0.1) is 5.41 Å². The number of halogens is 1. The molecule has 1 heterocycles. The highest BCUT2D eigenvalue weighted by atomic mass is 35.5. The third kappa shape index (κ3) is 4.97. The summed E-state index contributed by atoms with van der Waals surface area (Å²) in [6, 6.07) is 7.97. The van der Waals surface area contributed by atoms with Gasteiger partial charge in [0, 0.05) is 35.3 Å². The quantitative estimate of drug-likeness (QED) is 0.482. The molecule has 3 nitrogen and oxygen atoms in total. The van der Waals surface area contributed by atoms with Crippen LogP contribution in [0.5, 0.6) is 0 Å². The molecule has 1 aromatic carbocycles. The number of rotatable bonds is 7. The summed E-state index contributed by atoms with van der Waals surface area (Å²) in [5.74, 6) is 0.158. The molecular formula is C25H33ClN2O. The summed E-state index contributed by atoms with van der Waals surface area (Å²) in [6.45, 7) is 18.8. The first-order chi connectivity index (χ1) is 13.5. The first-order valence-corrected chi connectivity index (χ1v) is 10.3. The molecule has 1 aromatic rings. The molecule has 0 saturated heterocycles. The second-order valence-electron chi connectivity index (χ2n) is 8.30. The zero-order valence-corrected chi connectivity index (χ0v) is 19.2. The number of hydrogen-bond donors (Lipinski definition) is 2. The van der Waals surface area contributed by atoms with E-state index in [0.717, 1.165) is 39.5 Å². The molecule has 4 heteroatoms. The normalized spacial score (nSPS) is 16.5. The summed E-state index contributed by atoms with van der Waals surface area (Å²) >= 11 is 6.27. The molecular weight excluding hydrogens is 380 g/mol. The average Bonchev–Trinajstić information content (AvgIpc) is 2.65. The van der Waals surface area contributed by atoms with E-state index in [1.54, 1.807) is 0 Å². The largest absolute Gasteiger partial charge is 0.512 e. The lowest BCUT2D eigenvalue weighted by atomic mass is 9.90. The molecule has 0 aromatic heterocycles. The number of likely N-dealkylation sites (N-methyl/N-ethyl adjacent to an activating group) is 1. The lowest BCUT2D eigenvalue weighted by molar-refractivity contribution is 0.257. The van der Waals surface area contributed by atoms with Gasteiger partial charge in [-0.25, -0.2) is 0 Å². The third-order valence-corrected chi connectivity index (χ3v) is 5.78. The Bertz CT molecular complexity index is 919. The van der Waals surface area contributed by atoms with Gasteiger partial charge in [-0.3, -0.25) is 0 Å². The number of benzene rings is 1. The van der Waals surface area contributed by atoms with E-state index in [9.17, 15) is 5.11 Å². The van der Waals surface area contributed by atoms with Gasteiger partial charge in [-0.05, 0) is 55.2 Å². The molecule has 0 bridgehead atoms. The Morgan fingerprint density at radius 3 is 2.48 bits per heavy atom.